The first-order chi connectivity index (χ1) is 10.3. The smallest absolute Gasteiger partial charge is 0.407 e. The first-order valence-corrected chi connectivity index (χ1v) is 7.20. The van der Waals surface area contributed by atoms with E-state index in [2.05, 4.69) is 10.6 Å². The van der Waals surface area contributed by atoms with Crippen molar-refractivity contribution in [2.75, 3.05) is 13.1 Å². The number of amides is 2. The average molecular weight is 312 g/mol. The van der Waals surface area contributed by atoms with Gasteiger partial charge in [0.1, 0.15) is 11.4 Å². The van der Waals surface area contributed by atoms with Gasteiger partial charge in [-0.2, -0.15) is 0 Å². The van der Waals surface area contributed by atoms with Crippen molar-refractivity contribution in [3.63, 3.8) is 0 Å². The van der Waals surface area contributed by atoms with Crippen molar-refractivity contribution in [2.24, 2.45) is 0 Å². The Morgan fingerprint density at radius 2 is 2.09 bits per heavy atom. The van der Waals surface area contributed by atoms with Crippen LogP contribution in [0.25, 0.3) is 0 Å². The van der Waals surface area contributed by atoms with Crippen LogP contribution in [0.2, 0.25) is 0 Å². The van der Waals surface area contributed by atoms with Gasteiger partial charge in [-0.3, -0.25) is 4.79 Å². The molecule has 1 aromatic rings. The highest BCUT2D eigenvalue weighted by atomic mass is 16.6. The SMILES string of the molecule is CC(C)(C)OC(=O)NCC(O)CC(=O)NCCc1ccco1. The first-order valence-electron chi connectivity index (χ1n) is 7.20. The predicted molar refractivity (Wildman–Crippen MR) is 80.3 cm³/mol. The van der Waals surface area contributed by atoms with Crippen LogP contribution in [-0.2, 0) is 16.0 Å². The molecule has 0 aliphatic heterocycles. The Labute approximate surface area is 130 Å². The van der Waals surface area contributed by atoms with Gasteiger partial charge in [0.25, 0.3) is 0 Å². The van der Waals surface area contributed by atoms with E-state index in [0.29, 0.717) is 13.0 Å². The Bertz CT molecular complexity index is 465. The number of aliphatic hydroxyl groups is 1. The van der Waals surface area contributed by atoms with Gasteiger partial charge in [-0.25, -0.2) is 4.79 Å². The summed E-state index contributed by atoms with van der Waals surface area (Å²) >= 11 is 0. The van der Waals surface area contributed by atoms with Crippen molar-refractivity contribution >= 4 is 12.0 Å². The van der Waals surface area contributed by atoms with Crippen molar-refractivity contribution < 1.29 is 23.8 Å². The van der Waals surface area contributed by atoms with E-state index in [-0.39, 0.29) is 18.9 Å². The van der Waals surface area contributed by atoms with E-state index in [4.69, 9.17) is 9.15 Å². The van der Waals surface area contributed by atoms with Gasteiger partial charge in [0.2, 0.25) is 5.91 Å². The Balaban J connectivity index is 2.14. The molecule has 1 aromatic heterocycles. The molecule has 1 atom stereocenters. The van der Waals surface area contributed by atoms with Crippen LogP contribution in [-0.4, -0.2) is 41.9 Å². The minimum Gasteiger partial charge on any atom is -0.469 e. The summed E-state index contributed by atoms with van der Waals surface area (Å²) in [5, 5.41) is 14.8. The topological polar surface area (TPSA) is 101 Å². The summed E-state index contributed by atoms with van der Waals surface area (Å²) in [5.74, 6) is 0.498. The molecular formula is C15H24N2O5. The average Bonchev–Trinajstić information content (AvgIpc) is 2.87. The number of ether oxygens (including phenoxy) is 1. The monoisotopic (exact) mass is 312 g/mol. The third-order valence-corrected chi connectivity index (χ3v) is 2.58. The summed E-state index contributed by atoms with van der Waals surface area (Å²) in [6.45, 7) is 5.62. The molecule has 1 rings (SSSR count). The van der Waals surface area contributed by atoms with Gasteiger partial charge in [0.05, 0.1) is 18.8 Å². The second kappa shape index (κ2) is 8.43. The van der Waals surface area contributed by atoms with E-state index in [9.17, 15) is 14.7 Å². The van der Waals surface area contributed by atoms with Crippen LogP contribution < -0.4 is 10.6 Å². The predicted octanol–water partition coefficient (Wildman–Crippen LogP) is 1.21. The van der Waals surface area contributed by atoms with Gasteiger partial charge in [-0.1, -0.05) is 0 Å². The van der Waals surface area contributed by atoms with Crippen molar-refractivity contribution in [3.8, 4) is 0 Å². The highest BCUT2D eigenvalue weighted by Gasteiger charge is 2.17. The van der Waals surface area contributed by atoms with Crippen molar-refractivity contribution in [2.45, 2.75) is 45.3 Å². The second-order valence-electron chi connectivity index (χ2n) is 5.92. The summed E-state index contributed by atoms with van der Waals surface area (Å²) in [7, 11) is 0. The van der Waals surface area contributed by atoms with E-state index < -0.39 is 17.8 Å². The second-order valence-corrected chi connectivity index (χ2v) is 5.92. The lowest BCUT2D eigenvalue weighted by Crippen LogP contribution is -2.39. The third-order valence-electron chi connectivity index (χ3n) is 2.58. The molecular weight excluding hydrogens is 288 g/mol. The van der Waals surface area contributed by atoms with E-state index >= 15 is 0 Å². The maximum absolute atomic E-state index is 11.6. The van der Waals surface area contributed by atoms with Gasteiger partial charge >= 0.3 is 6.09 Å². The van der Waals surface area contributed by atoms with Crippen LogP contribution >= 0.6 is 0 Å². The minimum atomic E-state index is -0.962. The molecule has 0 aliphatic carbocycles. The Hall–Kier alpha value is -2.02. The largest absolute Gasteiger partial charge is 0.469 e. The number of furan rings is 1. The van der Waals surface area contributed by atoms with E-state index in [0.717, 1.165) is 5.76 Å². The Morgan fingerprint density at radius 1 is 1.36 bits per heavy atom. The van der Waals surface area contributed by atoms with Crippen molar-refractivity contribution in [1.29, 1.82) is 0 Å². The number of alkyl carbamates (subject to hydrolysis) is 1. The van der Waals surface area contributed by atoms with Gasteiger partial charge in [-0.15, -0.1) is 0 Å². The van der Waals surface area contributed by atoms with Crippen molar-refractivity contribution in [3.05, 3.63) is 24.2 Å². The molecule has 7 nitrogen and oxygen atoms in total. The lowest BCUT2D eigenvalue weighted by Gasteiger charge is -2.20. The van der Waals surface area contributed by atoms with Crippen LogP contribution in [0.3, 0.4) is 0 Å². The lowest BCUT2D eigenvalue weighted by molar-refractivity contribution is -0.122. The molecule has 2 amide bonds. The molecule has 0 radical (unpaired) electrons. The number of carbonyl (C=O) groups is 2. The van der Waals surface area contributed by atoms with Crippen LogP contribution in [0, 0.1) is 0 Å². The summed E-state index contributed by atoms with van der Waals surface area (Å²) in [6, 6.07) is 3.61. The normalized spacial score (nSPS) is 12.5. The molecule has 0 aliphatic rings. The molecule has 0 spiro atoms. The highest BCUT2D eigenvalue weighted by Crippen LogP contribution is 2.06. The van der Waals surface area contributed by atoms with Crippen molar-refractivity contribution in [1.82, 2.24) is 10.6 Å². The molecule has 0 bridgehead atoms. The fourth-order valence-corrected chi connectivity index (χ4v) is 1.65. The summed E-state index contributed by atoms with van der Waals surface area (Å²) in [4.78, 5) is 23.0. The lowest BCUT2D eigenvalue weighted by atomic mass is 10.2. The fraction of sp³-hybridized carbons (Fsp3) is 0.600. The first kappa shape index (κ1) is 18.0. The van der Waals surface area contributed by atoms with Crippen LogP contribution in [0.15, 0.2) is 22.8 Å². The molecule has 124 valence electrons. The highest BCUT2D eigenvalue weighted by molar-refractivity contribution is 5.76. The zero-order valence-corrected chi connectivity index (χ0v) is 13.2. The third kappa shape index (κ3) is 8.31. The van der Waals surface area contributed by atoms with E-state index in [1.807, 2.05) is 6.07 Å². The Kier molecular flexibility index (Phi) is 6.91. The Morgan fingerprint density at radius 3 is 2.68 bits per heavy atom. The van der Waals surface area contributed by atoms with Crippen LogP contribution in [0.1, 0.15) is 33.0 Å². The molecule has 0 fully saturated rings. The van der Waals surface area contributed by atoms with Crippen LogP contribution in [0.5, 0.6) is 0 Å². The van der Waals surface area contributed by atoms with Crippen LogP contribution in [0.4, 0.5) is 4.79 Å². The van der Waals surface area contributed by atoms with Gasteiger partial charge in [0, 0.05) is 19.5 Å². The number of aliphatic hydroxyl groups excluding tert-OH is 1. The van der Waals surface area contributed by atoms with Gasteiger partial charge in [0.15, 0.2) is 0 Å². The summed E-state index contributed by atoms with van der Waals surface area (Å²) in [5.41, 5.74) is -0.599. The van der Waals surface area contributed by atoms with Gasteiger partial charge in [-0.05, 0) is 32.9 Å². The zero-order valence-electron chi connectivity index (χ0n) is 13.2. The van der Waals surface area contributed by atoms with Gasteiger partial charge < -0.3 is 24.9 Å². The maximum Gasteiger partial charge on any atom is 0.407 e. The number of rotatable bonds is 7. The molecule has 7 heteroatoms. The standard InChI is InChI=1S/C15H24N2O5/c1-15(2,3)22-14(20)17-10-11(18)9-13(19)16-7-6-12-5-4-8-21-12/h4-5,8,11,18H,6-7,9-10H2,1-3H3,(H,16,19)(H,17,20). The van der Waals surface area contributed by atoms with E-state index in [1.165, 1.54) is 0 Å². The number of nitrogens with one attached hydrogen (secondary N) is 2. The molecule has 22 heavy (non-hydrogen) atoms. The van der Waals surface area contributed by atoms with E-state index in [1.54, 1.807) is 33.1 Å². The zero-order chi connectivity index (χ0) is 16.6. The maximum atomic E-state index is 11.6. The number of hydrogen-bond donors (Lipinski definition) is 3. The quantitative estimate of drug-likeness (QED) is 0.702. The summed E-state index contributed by atoms with van der Waals surface area (Å²) < 4.78 is 10.2. The minimum absolute atomic E-state index is 0.0412. The number of hydrogen-bond acceptors (Lipinski definition) is 5. The molecule has 1 heterocycles. The molecule has 3 N–H and O–H groups in total. The molecule has 0 saturated heterocycles. The molecule has 1 unspecified atom stereocenters. The number of carbonyl (C=O) groups excluding carboxylic acids is 2. The molecule has 0 saturated carbocycles. The molecule has 0 aromatic carbocycles. The fourth-order valence-electron chi connectivity index (χ4n) is 1.65. The summed E-state index contributed by atoms with van der Waals surface area (Å²) in [6.07, 6.45) is 0.489.